The average Bonchev–Trinajstić information content (AvgIpc) is 3.37. The fraction of sp³-hybridized carbons (Fsp3) is 0.677. The van der Waals surface area contributed by atoms with E-state index in [0.29, 0.717) is 19.3 Å². The third-order valence-corrected chi connectivity index (χ3v) is 12.3. The Hall–Kier alpha value is -3.93. The van der Waals surface area contributed by atoms with Crippen LogP contribution in [0.4, 0.5) is 0 Å². The molecule has 0 rings (SSSR count). The summed E-state index contributed by atoms with van der Waals surface area (Å²) in [5.41, 5.74) is 0. The first-order chi connectivity index (χ1) is 35.0. The standard InChI is InChI=1S/C65H108O6/c1-4-7-10-13-16-19-22-25-28-31-32-35-38-41-44-47-50-53-56-59-65(68)71-62(60-69-63(66)57-54-51-48-45-42-39-36-33-29-26-23-20-17-14-11-8-5-2)61-70-64(67)58-55-52-49-46-43-40-37-34-30-27-24-21-18-15-12-9-6-3/h7,10,16-17,19-20,25-26,28-29,32,35-36,39,41,44-45,48,62H,4-6,8-9,11-15,18,21-24,27,30-31,33-34,37-38,40,42-43,46-47,49-61H2,1-3H3/b10-7-,19-16-,20-17-,28-25-,29-26-,35-32-,39-36-,44-41-,48-45-/t62-/m1/s1. The molecule has 0 bridgehead atoms. The Labute approximate surface area is 438 Å². The maximum atomic E-state index is 12.9. The third kappa shape index (κ3) is 56.9. The molecule has 71 heavy (non-hydrogen) atoms. The van der Waals surface area contributed by atoms with E-state index in [1.807, 2.05) is 0 Å². The molecule has 0 fully saturated rings. The Morgan fingerprint density at radius 3 is 0.944 bits per heavy atom. The van der Waals surface area contributed by atoms with E-state index in [4.69, 9.17) is 14.2 Å². The molecule has 6 nitrogen and oxygen atoms in total. The monoisotopic (exact) mass is 985 g/mol. The maximum Gasteiger partial charge on any atom is 0.306 e. The Bertz CT molecular complexity index is 1460. The molecule has 0 unspecified atom stereocenters. The Morgan fingerprint density at radius 2 is 0.563 bits per heavy atom. The summed E-state index contributed by atoms with van der Waals surface area (Å²) in [5.74, 6) is -0.995. The van der Waals surface area contributed by atoms with Gasteiger partial charge in [0.25, 0.3) is 0 Å². The van der Waals surface area contributed by atoms with Gasteiger partial charge in [-0.3, -0.25) is 14.4 Å². The summed E-state index contributed by atoms with van der Waals surface area (Å²) < 4.78 is 16.8. The Balaban J connectivity index is 4.53. The highest BCUT2D eigenvalue weighted by atomic mass is 16.6. The largest absolute Gasteiger partial charge is 0.462 e. The molecule has 0 aliphatic carbocycles. The second kappa shape index (κ2) is 58.6. The number of carbonyl (C=O) groups excluding carboxylic acids is 3. The van der Waals surface area contributed by atoms with Crippen molar-refractivity contribution in [1.29, 1.82) is 0 Å². The maximum absolute atomic E-state index is 12.9. The van der Waals surface area contributed by atoms with E-state index in [-0.39, 0.29) is 44.0 Å². The van der Waals surface area contributed by atoms with Crippen molar-refractivity contribution in [1.82, 2.24) is 0 Å². The van der Waals surface area contributed by atoms with E-state index in [0.717, 1.165) is 96.3 Å². The number of hydrogen-bond acceptors (Lipinski definition) is 6. The molecule has 6 heteroatoms. The highest BCUT2D eigenvalue weighted by Crippen LogP contribution is 2.15. The molecule has 404 valence electrons. The first-order valence-corrected chi connectivity index (χ1v) is 29.4. The van der Waals surface area contributed by atoms with Gasteiger partial charge in [-0.05, 0) is 103 Å². The zero-order valence-corrected chi connectivity index (χ0v) is 46.2. The van der Waals surface area contributed by atoms with Crippen molar-refractivity contribution in [2.75, 3.05) is 13.2 Å². The first-order valence-electron chi connectivity index (χ1n) is 29.4. The third-order valence-electron chi connectivity index (χ3n) is 12.3. The first kappa shape index (κ1) is 67.1. The Morgan fingerprint density at radius 1 is 0.296 bits per heavy atom. The molecule has 0 amide bonds. The molecule has 0 aromatic rings. The van der Waals surface area contributed by atoms with E-state index < -0.39 is 6.10 Å². The van der Waals surface area contributed by atoms with Gasteiger partial charge in [0.05, 0.1) is 0 Å². The zero-order chi connectivity index (χ0) is 51.4. The van der Waals surface area contributed by atoms with Gasteiger partial charge in [-0.25, -0.2) is 0 Å². The molecule has 0 aliphatic heterocycles. The number of esters is 3. The summed E-state index contributed by atoms with van der Waals surface area (Å²) >= 11 is 0. The van der Waals surface area contributed by atoms with Gasteiger partial charge in [-0.1, -0.05) is 252 Å². The van der Waals surface area contributed by atoms with Gasteiger partial charge in [-0.2, -0.15) is 0 Å². The highest BCUT2D eigenvalue weighted by molar-refractivity contribution is 5.71. The number of allylic oxidation sites excluding steroid dienone is 18. The van der Waals surface area contributed by atoms with E-state index in [1.165, 1.54) is 116 Å². The molecular formula is C65H108O6. The van der Waals surface area contributed by atoms with Gasteiger partial charge in [0.2, 0.25) is 0 Å². The lowest BCUT2D eigenvalue weighted by Gasteiger charge is -2.18. The van der Waals surface area contributed by atoms with Crippen LogP contribution in [0.5, 0.6) is 0 Å². The van der Waals surface area contributed by atoms with Crippen LogP contribution < -0.4 is 0 Å². The highest BCUT2D eigenvalue weighted by Gasteiger charge is 2.19. The van der Waals surface area contributed by atoms with Crippen molar-refractivity contribution >= 4 is 17.9 Å². The van der Waals surface area contributed by atoms with Crippen molar-refractivity contribution in [2.45, 2.75) is 271 Å². The van der Waals surface area contributed by atoms with Gasteiger partial charge < -0.3 is 14.2 Å². The molecule has 0 aromatic carbocycles. The van der Waals surface area contributed by atoms with E-state index >= 15 is 0 Å². The van der Waals surface area contributed by atoms with Crippen LogP contribution in [0, 0.1) is 0 Å². The van der Waals surface area contributed by atoms with E-state index in [9.17, 15) is 14.4 Å². The SMILES string of the molecule is CC/C=C\C/C=C\C/C=C\C/C=C\C/C=C\CCCCCC(=O)O[C@H](COC(=O)CCC/C=C\C/C=C\C/C=C\C/C=C\CCCCC)COC(=O)CCCCCCCCCCCCCCCCCCC. The van der Waals surface area contributed by atoms with Crippen molar-refractivity contribution in [2.24, 2.45) is 0 Å². The molecule has 0 radical (unpaired) electrons. The summed E-state index contributed by atoms with van der Waals surface area (Å²) in [6, 6.07) is 0. The van der Waals surface area contributed by atoms with Crippen LogP contribution in [-0.4, -0.2) is 37.2 Å². The van der Waals surface area contributed by atoms with Crippen LogP contribution >= 0.6 is 0 Å². The van der Waals surface area contributed by atoms with Crippen LogP contribution in [0.25, 0.3) is 0 Å². The molecule has 0 saturated carbocycles. The number of rotatable bonds is 52. The smallest absolute Gasteiger partial charge is 0.306 e. The lowest BCUT2D eigenvalue weighted by atomic mass is 10.0. The quantitative estimate of drug-likeness (QED) is 0.0261. The molecule has 1 atom stereocenters. The molecule has 0 aliphatic rings. The van der Waals surface area contributed by atoms with Gasteiger partial charge in [-0.15, -0.1) is 0 Å². The van der Waals surface area contributed by atoms with Crippen LogP contribution in [-0.2, 0) is 28.6 Å². The van der Waals surface area contributed by atoms with E-state index in [2.05, 4.69) is 130 Å². The summed E-state index contributed by atoms with van der Waals surface area (Å²) in [5, 5.41) is 0. The lowest BCUT2D eigenvalue weighted by Crippen LogP contribution is -2.30. The second-order valence-corrected chi connectivity index (χ2v) is 19.2. The second-order valence-electron chi connectivity index (χ2n) is 19.2. The molecule has 0 aromatic heterocycles. The normalized spacial score (nSPS) is 12.9. The number of hydrogen-bond donors (Lipinski definition) is 0. The Kier molecular flexibility index (Phi) is 55.4. The topological polar surface area (TPSA) is 78.9 Å². The molecule has 0 spiro atoms. The lowest BCUT2D eigenvalue weighted by molar-refractivity contribution is -0.167. The molecule has 0 N–H and O–H groups in total. The van der Waals surface area contributed by atoms with Gasteiger partial charge >= 0.3 is 17.9 Å². The summed E-state index contributed by atoms with van der Waals surface area (Å²) in [4.78, 5) is 38.2. The minimum atomic E-state index is -0.819. The van der Waals surface area contributed by atoms with Crippen molar-refractivity contribution in [3.8, 4) is 0 Å². The molecular weight excluding hydrogens is 877 g/mol. The zero-order valence-electron chi connectivity index (χ0n) is 46.2. The van der Waals surface area contributed by atoms with Crippen LogP contribution in [0.3, 0.4) is 0 Å². The van der Waals surface area contributed by atoms with Crippen LogP contribution in [0.15, 0.2) is 109 Å². The summed E-state index contributed by atoms with van der Waals surface area (Å²) in [6.07, 6.45) is 79.4. The van der Waals surface area contributed by atoms with Crippen LogP contribution in [0.1, 0.15) is 265 Å². The summed E-state index contributed by atoms with van der Waals surface area (Å²) in [7, 11) is 0. The number of carbonyl (C=O) groups is 3. The average molecular weight is 986 g/mol. The van der Waals surface area contributed by atoms with Gasteiger partial charge in [0, 0.05) is 19.3 Å². The fourth-order valence-electron chi connectivity index (χ4n) is 7.87. The van der Waals surface area contributed by atoms with Crippen molar-refractivity contribution in [3.05, 3.63) is 109 Å². The molecule has 0 saturated heterocycles. The fourth-order valence-corrected chi connectivity index (χ4v) is 7.87. The van der Waals surface area contributed by atoms with E-state index in [1.54, 1.807) is 0 Å². The van der Waals surface area contributed by atoms with Gasteiger partial charge in [0.1, 0.15) is 13.2 Å². The van der Waals surface area contributed by atoms with Gasteiger partial charge in [0.15, 0.2) is 6.10 Å². The summed E-state index contributed by atoms with van der Waals surface area (Å²) in [6.45, 7) is 6.44. The van der Waals surface area contributed by atoms with Crippen molar-refractivity contribution in [3.63, 3.8) is 0 Å². The minimum absolute atomic E-state index is 0.108. The minimum Gasteiger partial charge on any atom is -0.462 e. The number of ether oxygens (including phenoxy) is 3. The number of unbranched alkanes of at least 4 members (excludes halogenated alkanes) is 23. The predicted octanol–water partition coefficient (Wildman–Crippen LogP) is 19.9. The van der Waals surface area contributed by atoms with Crippen LogP contribution in [0.2, 0.25) is 0 Å². The molecule has 0 heterocycles. The van der Waals surface area contributed by atoms with Crippen molar-refractivity contribution < 1.29 is 28.6 Å². The predicted molar refractivity (Wildman–Crippen MR) is 307 cm³/mol.